The Morgan fingerprint density at radius 3 is 2.88 bits per heavy atom. The van der Waals surface area contributed by atoms with Gasteiger partial charge in [-0.25, -0.2) is 14.2 Å². The minimum Gasteiger partial charge on any atom is -0.473 e. The molecule has 3 rings (SSSR count). The maximum absolute atomic E-state index is 14.1. The highest BCUT2D eigenvalue weighted by atomic mass is 19.1. The first-order valence-corrected chi connectivity index (χ1v) is 7.81. The van der Waals surface area contributed by atoms with E-state index >= 15 is 0 Å². The number of hydrogen-bond acceptors (Lipinski definition) is 5. The van der Waals surface area contributed by atoms with Crippen molar-refractivity contribution in [3.8, 4) is 5.88 Å². The van der Waals surface area contributed by atoms with Crippen LogP contribution in [0.4, 0.5) is 4.39 Å². The van der Waals surface area contributed by atoms with Gasteiger partial charge in [0.05, 0.1) is 24.9 Å². The van der Waals surface area contributed by atoms with Crippen LogP contribution >= 0.6 is 0 Å². The summed E-state index contributed by atoms with van der Waals surface area (Å²) in [7, 11) is 1.25. The molecule has 0 saturated carbocycles. The van der Waals surface area contributed by atoms with Gasteiger partial charge >= 0.3 is 5.97 Å². The number of allylic oxidation sites excluding steroid dienone is 1. The number of rotatable bonds is 5. The van der Waals surface area contributed by atoms with Gasteiger partial charge in [-0.05, 0) is 23.8 Å². The topological polar surface area (TPSA) is 60.8 Å². The van der Waals surface area contributed by atoms with Gasteiger partial charge < -0.3 is 9.47 Å². The molecule has 5 nitrogen and oxygen atoms in total. The monoisotopic (exact) mass is 340 g/mol. The standard InChI is InChI=1S/C19H17FN2O3/c1-24-19(23)14-5-6-15(16(20)11-14)12-25-18-4-2-3-17(22-18)13-7-9-21-10-8-13/h2-7,10-11H,8-9,12H2,1H3. The summed E-state index contributed by atoms with van der Waals surface area (Å²) >= 11 is 0. The van der Waals surface area contributed by atoms with Crippen molar-refractivity contribution in [1.82, 2.24) is 4.98 Å². The number of hydrogen-bond donors (Lipinski definition) is 0. The lowest BCUT2D eigenvalue weighted by Gasteiger charge is -2.11. The van der Waals surface area contributed by atoms with E-state index < -0.39 is 11.8 Å². The number of nitrogens with zero attached hydrogens (tertiary/aromatic N) is 2. The van der Waals surface area contributed by atoms with Crippen LogP contribution in [0.1, 0.15) is 28.0 Å². The normalized spacial score (nSPS) is 13.3. The second kappa shape index (κ2) is 7.70. The molecule has 0 atom stereocenters. The molecule has 1 aromatic heterocycles. The molecule has 0 radical (unpaired) electrons. The molecule has 2 heterocycles. The molecule has 0 saturated heterocycles. The molecule has 1 aliphatic rings. The minimum atomic E-state index is -0.579. The summed E-state index contributed by atoms with van der Waals surface area (Å²) in [6.45, 7) is 0.671. The summed E-state index contributed by atoms with van der Waals surface area (Å²) in [5, 5.41) is 0. The molecule has 6 heteroatoms. The first-order valence-electron chi connectivity index (χ1n) is 7.81. The summed E-state index contributed by atoms with van der Waals surface area (Å²) in [5.74, 6) is -0.687. The lowest BCUT2D eigenvalue weighted by atomic mass is 10.1. The van der Waals surface area contributed by atoms with E-state index in [1.807, 2.05) is 24.4 Å². The Kier molecular flexibility index (Phi) is 5.18. The number of pyridine rings is 1. The zero-order valence-corrected chi connectivity index (χ0v) is 13.7. The molecule has 0 fully saturated rings. The minimum absolute atomic E-state index is 0.0181. The molecule has 0 amide bonds. The lowest BCUT2D eigenvalue weighted by Crippen LogP contribution is -2.05. The van der Waals surface area contributed by atoms with Crippen molar-refractivity contribution in [1.29, 1.82) is 0 Å². The van der Waals surface area contributed by atoms with Gasteiger partial charge in [0.15, 0.2) is 0 Å². The molecule has 0 aliphatic carbocycles. The van der Waals surface area contributed by atoms with Gasteiger partial charge in [0.2, 0.25) is 5.88 Å². The zero-order valence-electron chi connectivity index (χ0n) is 13.7. The van der Waals surface area contributed by atoms with Crippen LogP contribution < -0.4 is 4.74 Å². The summed E-state index contributed by atoms with van der Waals surface area (Å²) < 4.78 is 24.3. The Hall–Kier alpha value is -3.02. The summed E-state index contributed by atoms with van der Waals surface area (Å²) in [4.78, 5) is 20.0. The van der Waals surface area contributed by atoms with Crippen LogP contribution in [0.25, 0.3) is 5.57 Å². The van der Waals surface area contributed by atoms with Gasteiger partial charge in [0.25, 0.3) is 0 Å². The number of carbonyl (C=O) groups is 1. The van der Waals surface area contributed by atoms with Crippen molar-refractivity contribution >= 4 is 17.8 Å². The Morgan fingerprint density at radius 2 is 2.16 bits per heavy atom. The predicted octanol–water partition coefficient (Wildman–Crippen LogP) is 3.44. The lowest BCUT2D eigenvalue weighted by molar-refractivity contribution is 0.0600. The van der Waals surface area contributed by atoms with Gasteiger partial charge in [-0.3, -0.25) is 4.99 Å². The van der Waals surface area contributed by atoms with E-state index in [2.05, 4.69) is 14.7 Å². The summed E-state index contributed by atoms with van der Waals surface area (Å²) in [5.41, 5.74) is 2.41. The van der Waals surface area contributed by atoms with E-state index in [9.17, 15) is 9.18 Å². The third kappa shape index (κ3) is 4.09. The van der Waals surface area contributed by atoms with Crippen molar-refractivity contribution in [3.63, 3.8) is 0 Å². The van der Waals surface area contributed by atoms with Crippen molar-refractivity contribution < 1.29 is 18.7 Å². The second-order valence-electron chi connectivity index (χ2n) is 5.43. The Bertz CT molecular complexity index is 846. The maximum atomic E-state index is 14.1. The molecular weight excluding hydrogens is 323 g/mol. The van der Waals surface area contributed by atoms with Crippen LogP contribution in [0, 0.1) is 5.82 Å². The molecule has 0 N–H and O–H groups in total. The fourth-order valence-corrected chi connectivity index (χ4v) is 2.43. The number of aromatic nitrogens is 1. The largest absolute Gasteiger partial charge is 0.473 e. The number of dihydropyridines is 1. The van der Waals surface area contributed by atoms with Crippen LogP contribution in [0.15, 0.2) is 47.5 Å². The average molecular weight is 340 g/mol. The number of halogens is 1. The highest BCUT2D eigenvalue weighted by molar-refractivity contribution is 5.89. The first-order chi connectivity index (χ1) is 12.2. The van der Waals surface area contributed by atoms with Gasteiger partial charge in [-0.15, -0.1) is 0 Å². The van der Waals surface area contributed by atoms with E-state index in [-0.39, 0.29) is 12.2 Å². The number of aliphatic imine (C=N–C) groups is 1. The average Bonchev–Trinajstić information content (AvgIpc) is 2.67. The van der Waals surface area contributed by atoms with Crippen LogP contribution in [0.3, 0.4) is 0 Å². The van der Waals surface area contributed by atoms with Crippen molar-refractivity contribution in [2.75, 3.05) is 13.7 Å². The van der Waals surface area contributed by atoms with Gasteiger partial charge in [0, 0.05) is 24.3 Å². The molecule has 1 aliphatic heterocycles. The molecule has 0 spiro atoms. The van der Waals surface area contributed by atoms with Crippen LogP contribution in [0.2, 0.25) is 0 Å². The molecular formula is C19H17FN2O3. The number of benzene rings is 1. The van der Waals surface area contributed by atoms with Crippen LogP contribution in [-0.2, 0) is 11.3 Å². The molecule has 25 heavy (non-hydrogen) atoms. The Labute approximate surface area is 144 Å². The second-order valence-corrected chi connectivity index (χ2v) is 5.43. The van der Waals surface area contributed by atoms with E-state index in [4.69, 9.17) is 4.74 Å². The Balaban J connectivity index is 1.69. The van der Waals surface area contributed by atoms with Gasteiger partial charge in [-0.1, -0.05) is 18.2 Å². The summed E-state index contributed by atoms with van der Waals surface area (Å²) in [6.07, 6.45) is 4.63. The fraction of sp³-hybridized carbons (Fsp3) is 0.211. The maximum Gasteiger partial charge on any atom is 0.337 e. The van der Waals surface area contributed by atoms with Crippen LogP contribution in [0.5, 0.6) is 5.88 Å². The zero-order chi connectivity index (χ0) is 17.6. The van der Waals surface area contributed by atoms with Gasteiger partial charge in [-0.2, -0.15) is 0 Å². The van der Waals surface area contributed by atoms with E-state index in [0.717, 1.165) is 23.8 Å². The highest BCUT2D eigenvalue weighted by Gasteiger charge is 2.11. The van der Waals surface area contributed by atoms with Gasteiger partial charge in [0.1, 0.15) is 12.4 Å². The molecule has 128 valence electrons. The molecule has 0 bridgehead atoms. The predicted molar refractivity (Wildman–Crippen MR) is 92.3 cm³/mol. The Morgan fingerprint density at radius 1 is 1.28 bits per heavy atom. The summed E-state index contributed by atoms with van der Waals surface area (Å²) in [6, 6.07) is 9.63. The van der Waals surface area contributed by atoms with E-state index in [0.29, 0.717) is 18.0 Å². The molecule has 1 aromatic carbocycles. The fourth-order valence-electron chi connectivity index (χ4n) is 2.43. The van der Waals surface area contributed by atoms with E-state index in [1.54, 1.807) is 6.07 Å². The third-order valence-corrected chi connectivity index (χ3v) is 3.79. The smallest absolute Gasteiger partial charge is 0.337 e. The van der Waals surface area contributed by atoms with Crippen molar-refractivity contribution in [3.05, 3.63) is 65.1 Å². The van der Waals surface area contributed by atoms with Crippen LogP contribution in [-0.4, -0.2) is 30.8 Å². The SMILES string of the molecule is COC(=O)c1ccc(COc2cccc(C3=CCN=CC3)n2)c(F)c1. The number of esters is 1. The first kappa shape index (κ1) is 16.8. The third-order valence-electron chi connectivity index (χ3n) is 3.79. The number of methoxy groups -OCH3 is 1. The number of carbonyl (C=O) groups excluding carboxylic acids is 1. The molecule has 0 unspecified atom stereocenters. The van der Waals surface area contributed by atoms with Crippen molar-refractivity contribution in [2.45, 2.75) is 13.0 Å². The van der Waals surface area contributed by atoms with E-state index in [1.165, 1.54) is 19.2 Å². The number of ether oxygens (including phenoxy) is 2. The molecule has 2 aromatic rings. The quantitative estimate of drug-likeness (QED) is 0.782. The van der Waals surface area contributed by atoms with Crippen molar-refractivity contribution in [2.24, 2.45) is 4.99 Å². The highest BCUT2D eigenvalue weighted by Crippen LogP contribution is 2.21.